The minimum absolute atomic E-state index is 0.570. The second-order valence-electron chi connectivity index (χ2n) is 6.93. The van der Waals surface area contributed by atoms with Gasteiger partial charge in [-0.3, -0.25) is 0 Å². The van der Waals surface area contributed by atoms with E-state index in [4.69, 9.17) is 12.2 Å². The molecule has 0 aliphatic rings. The van der Waals surface area contributed by atoms with Gasteiger partial charge in [-0.2, -0.15) is 0 Å². The molecule has 1 heterocycles. The fourth-order valence-corrected chi connectivity index (χ4v) is 3.38. The highest BCUT2D eigenvalue weighted by atomic mass is 32.1. The van der Waals surface area contributed by atoms with Crippen molar-refractivity contribution in [2.24, 2.45) is 0 Å². The summed E-state index contributed by atoms with van der Waals surface area (Å²) in [5.74, 6) is 0.764. The number of fused-ring (bicyclic) bond motifs is 1. The van der Waals surface area contributed by atoms with Gasteiger partial charge in [0.2, 0.25) is 0 Å². The Kier molecular flexibility index (Phi) is 6.15. The van der Waals surface area contributed by atoms with E-state index < -0.39 is 0 Å². The largest absolute Gasteiger partial charge is 0.358 e. The fourth-order valence-electron chi connectivity index (χ4n) is 3.19. The van der Waals surface area contributed by atoms with E-state index in [1.54, 1.807) is 6.33 Å². The molecule has 0 aliphatic heterocycles. The first kappa shape index (κ1) is 19.8. The summed E-state index contributed by atoms with van der Waals surface area (Å²) in [6.45, 7) is 2.82. The number of aromatic nitrogens is 2. The Bertz CT molecular complexity index is 1160. The number of nitrogens with one attached hydrogen (secondary N) is 3. The van der Waals surface area contributed by atoms with Crippen molar-refractivity contribution in [3.05, 3.63) is 90.3 Å². The lowest BCUT2D eigenvalue weighted by Gasteiger charge is -2.13. The molecule has 30 heavy (non-hydrogen) atoms. The molecule has 0 radical (unpaired) electrons. The second kappa shape index (κ2) is 9.33. The van der Waals surface area contributed by atoms with Gasteiger partial charge in [-0.1, -0.05) is 49.4 Å². The minimum atomic E-state index is 0.570. The molecule has 4 aromatic rings. The van der Waals surface area contributed by atoms with Crippen molar-refractivity contribution in [1.29, 1.82) is 0 Å². The van der Waals surface area contributed by atoms with Crippen molar-refractivity contribution in [1.82, 2.24) is 15.3 Å². The van der Waals surface area contributed by atoms with Crippen molar-refractivity contribution in [3.63, 3.8) is 0 Å². The van der Waals surface area contributed by atoms with E-state index in [9.17, 15) is 0 Å². The topological polar surface area (TPSA) is 61.9 Å². The van der Waals surface area contributed by atoms with Gasteiger partial charge in [0.1, 0.15) is 12.1 Å². The number of hydrogen-bond acceptors (Lipinski definition) is 4. The maximum absolute atomic E-state index is 5.45. The lowest BCUT2D eigenvalue weighted by molar-refractivity contribution is 0.926. The number of hydrogen-bond donors (Lipinski definition) is 3. The van der Waals surface area contributed by atoms with E-state index in [-0.39, 0.29) is 0 Å². The van der Waals surface area contributed by atoms with E-state index in [1.165, 1.54) is 11.1 Å². The maximum Gasteiger partial charge on any atom is 0.171 e. The molecular weight excluding hydrogens is 390 g/mol. The summed E-state index contributed by atoms with van der Waals surface area (Å²) in [5.41, 5.74) is 5.21. The van der Waals surface area contributed by atoms with Gasteiger partial charge < -0.3 is 16.0 Å². The molecule has 1 aromatic heterocycles. The van der Waals surface area contributed by atoms with Crippen LogP contribution in [0.4, 0.5) is 17.2 Å². The molecule has 0 bridgehead atoms. The van der Waals surface area contributed by atoms with Gasteiger partial charge in [-0.05, 0) is 60.1 Å². The van der Waals surface area contributed by atoms with Crippen molar-refractivity contribution in [2.45, 2.75) is 19.9 Å². The first-order chi connectivity index (χ1) is 14.7. The normalized spacial score (nSPS) is 10.6. The van der Waals surface area contributed by atoms with Gasteiger partial charge in [0.05, 0.1) is 5.52 Å². The Balaban J connectivity index is 1.51. The van der Waals surface area contributed by atoms with Crippen LogP contribution in [0.1, 0.15) is 18.1 Å². The number of aryl methyl sites for hydroxylation is 1. The quantitative estimate of drug-likeness (QED) is 0.367. The molecule has 0 amide bonds. The molecule has 3 aromatic carbocycles. The average molecular weight is 414 g/mol. The van der Waals surface area contributed by atoms with Crippen molar-refractivity contribution in [2.75, 3.05) is 10.6 Å². The Morgan fingerprint density at radius 3 is 2.53 bits per heavy atom. The first-order valence-electron chi connectivity index (χ1n) is 9.91. The maximum atomic E-state index is 5.45. The monoisotopic (exact) mass is 413 g/mol. The summed E-state index contributed by atoms with van der Waals surface area (Å²) >= 11 is 5.45. The van der Waals surface area contributed by atoms with Crippen LogP contribution in [-0.4, -0.2) is 15.1 Å². The van der Waals surface area contributed by atoms with Gasteiger partial charge in [-0.15, -0.1) is 0 Å². The standard InChI is InChI=1S/C24H23N5S/c1-2-17-9-6-10-19(13-17)28-23-21-14-20(11-12-22(21)26-16-27-23)29-24(30)25-15-18-7-4-3-5-8-18/h3-14,16H,2,15H2,1H3,(H2,25,29,30)(H,26,27,28). The summed E-state index contributed by atoms with van der Waals surface area (Å²) in [5, 5.41) is 11.4. The van der Waals surface area contributed by atoms with E-state index in [2.05, 4.69) is 57.1 Å². The van der Waals surface area contributed by atoms with E-state index in [0.29, 0.717) is 11.7 Å². The number of nitrogens with zero attached hydrogens (tertiary/aromatic N) is 2. The highest BCUT2D eigenvalue weighted by Crippen LogP contribution is 2.26. The molecule has 6 heteroatoms. The number of anilines is 3. The van der Waals surface area contributed by atoms with Gasteiger partial charge in [-0.25, -0.2) is 9.97 Å². The molecule has 0 saturated carbocycles. The third-order valence-electron chi connectivity index (χ3n) is 4.79. The molecule has 0 spiro atoms. The number of thiocarbonyl (C=S) groups is 1. The van der Waals surface area contributed by atoms with E-state index in [0.717, 1.165) is 34.5 Å². The third-order valence-corrected chi connectivity index (χ3v) is 5.03. The average Bonchev–Trinajstić information content (AvgIpc) is 2.79. The lowest BCUT2D eigenvalue weighted by Crippen LogP contribution is -2.27. The molecular formula is C24H23N5S. The van der Waals surface area contributed by atoms with Crippen LogP contribution in [0.25, 0.3) is 10.9 Å². The van der Waals surface area contributed by atoms with E-state index >= 15 is 0 Å². The third kappa shape index (κ3) is 4.90. The van der Waals surface area contributed by atoms with Crippen LogP contribution in [0.3, 0.4) is 0 Å². The van der Waals surface area contributed by atoms with Crippen LogP contribution in [0.2, 0.25) is 0 Å². The molecule has 0 aliphatic carbocycles. The van der Waals surface area contributed by atoms with Crippen molar-refractivity contribution in [3.8, 4) is 0 Å². The van der Waals surface area contributed by atoms with Gasteiger partial charge in [0, 0.05) is 23.3 Å². The molecule has 0 unspecified atom stereocenters. The molecule has 5 nitrogen and oxygen atoms in total. The van der Waals surface area contributed by atoms with Crippen LogP contribution < -0.4 is 16.0 Å². The van der Waals surface area contributed by atoms with Crippen LogP contribution in [0, 0.1) is 0 Å². The zero-order chi connectivity index (χ0) is 20.8. The molecule has 150 valence electrons. The molecule has 4 rings (SSSR count). The number of benzene rings is 3. The number of rotatable bonds is 6. The van der Waals surface area contributed by atoms with Crippen LogP contribution in [0.5, 0.6) is 0 Å². The zero-order valence-corrected chi connectivity index (χ0v) is 17.5. The highest BCUT2D eigenvalue weighted by molar-refractivity contribution is 7.80. The molecule has 3 N–H and O–H groups in total. The summed E-state index contributed by atoms with van der Waals surface area (Å²) in [6, 6.07) is 24.4. The van der Waals surface area contributed by atoms with Gasteiger partial charge in [0.15, 0.2) is 5.11 Å². The first-order valence-corrected chi connectivity index (χ1v) is 10.3. The highest BCUT2D eigenvalue weighted by Gasteiger charge is 2.07. The van der Waals surface area contributed by atoms with Crippen molar-refractivity contribution >= 4 is 45.4 Å². The summed E-state index contributed by atoms with van der Waals surface area (Å²) < 4.78 is 0. The zero-order valence-electron chi connectivity index (χ0n) is 16.7. The minimum Gasteiger partial charge on any atom is -0.358 e. The van der Waals surface area contributed by atoms with Gasteiger partial charge >= 0.3 is 0 Å². The Morgan fingerprint density at radius 1 is 0.867 bits per heavy atom. The Labute approximate surface area is 181 Å². The summed E-state index contributed by atoms with van der Waals surface area (Å²) in [6.07, 6.45) is 2.56. The van der Waals surface area contributed by atoms with Crippen LogP contribution in [-0.2, 0) is 13.0 Å². The summed E-state index contributed by atoms with van der Waals surface area (Å²) in [4.78, 5) is 8.84. The van der Waals surface area contributed by atoms with Crippen LogP contribution in [0.15, 0.2) is 79.1 Å². The summed E-state index contributed by atoms with van der Waals surface area (Å²) in [7, 11) is 0. The Hall–Kier alpha value is -3.51. The van der Waals surface area contributed by atoms with Gasteiger partial charge in [0.25, 0.3) is 0 Å². The van der Waals surface area contributed by atoms with Crippen LogP contribution >= 0.6 is 12.2 Å². The Morgan fingerprint density at radius 2 is 1.70 bits per heavy atom. The lowest BCUT2D eigenvalue weighted by atomic mass is 10.1. The van der Waals surface area contributed by atoms with E-state index in [1.807, 2.05) is 48.5 Å². The van der Waals surface area contributed by atoms with Crippen molar-refractivity contribution < 1.29 is 0 Å². The SMILES string of the molecule is CCc1cccc(Nc2ncnc3ccc(NC(=S)NCc4ccccc4)cc23)c1. The molecule has 0 fully saturated rings. The fraction of sp³-hybridized carbons (Fsp3) is 0.125. The molecule has 0 saturated heterocycles. The smallest absolute Gasteiger partial charge is 0.171 e. The predicted molar refractivity (Wildman–Crippen MR) is 128 cm³/mol. The second-order valence-corrected chi connectivity index (χ2v) is 7.33. The molecule has 0 atom stereocenters. The predicted octanol–water partition coefficient (Wildman–Crippen LogP) is 5.42.